The molecule has 1 unspecified atom stereocenters. The largest absolute Gasteiger partial charge is 0.390 e. The summed E-state index contributed by atoms with van der Waals surface area (Å²) in [5.74, 6) is 0. The van der Waals surface area contributed by atoms with Gasteiger partial charge in [-0.3, -0.25) is 4.68 Å². The molecule has 1 aromatic heterocycles. The van der Waals surface area contributed by atoms with Gasteiger partial charge >= 0.3 is 0 Å². The fraction of sp³-hybridized carbons (Fsp3) is 0.769. The van der Waals surface area contributed by atoms with Crippen molar-refractivity contribution in [1.29, 1.82) is 0 Å². The summed E-state index contributed by atoms with van der Waals surface area (Å²) in [6, 6.07) is 0. The minimum Gasteiger partial charge on any atom is -0.390 e. The summed E-state index contributed by atoms with van der Waals surface area (Å²) in [4.78, 5) is 2.33. The number of aliphatic hydroxyl groups is 1. The third kappa shape index (κ3) is 3.80. The Hall–Kier alpha value is -0.910. The molecule has 102 valence electrons. The quantitative estimate of drug-likeness (QED) is 0.763. The molecule has 1 atom stereocenters. The van der Waals surface area contributed by atoms with Crippen molar-refractivity contribution in [1.82, 2.24) is 20.0 Å². The topological polar surface area (TPSA) is 53.3 Å². The van der Waals surface area contributed by atoms with Crippen LogP contribution in [-0.2, 0) is 13.6 Å². The summed E-state index contributed by atoms with van der Waals surface area (Å²) >= 11 is 0. The number of β-amino-alcohol motifs (C(OH)–C–C–N with tert-alkyl or cyclic N) is 1. The van der Waals surface area contributed by atoms with Crippen LogP contribution in [0.4, 0.5) is 0 Å². The van der Waals surface area contributed by atoms with Crippen molar-refractivity contribution in [2.75, 3.05) is 26.2 Å². The Kier molecular flexibility index (Phi) is 4.74. The lowest BCUT2D eigenvalue weighted by Gasteiger charge is -2.19. The second-order valence-corrected chi connectivity index (χ2v) is 5.21. The minimum absolute atomic E-state index is 0.278. The molecule has 5 heteroatoms. The molecule has 1 fully saturated rings. The Morgan fingerprint density at radius 2 is 2.17 bits per heavy atom. The fourth-order valence-corrected chi connectivity index (χ4v) is 2.52. The molecule has 0 aromatic carbocycles. The molecule has 1 saturated heterocycles. The third-order valence-corrected chi connectivity index (χ3v) is 3.48. The van der Waals surface area contributed by atoms with E-state index in [4.69, 9.17) is 0 Å². The van der Waals surface area contributed by atoms with Crippen molar-refractivity contribution in [3.63, 3.8) is 0 Å². The van der Waals surface area contributed by atoms with Gasteiger partial charge in [0.2, 0.25) is 0 Å². The van der Waals surface area contributed by atoms with Crippen LogP contribution in [0.1, 0.15) is 24.1 Å². The molecule has 2 N–H and O–H groups in total. The van der Waals surface area contributed by atoms with Crippen LogP contribution in [0.3, 0.4) is 0 Å². The van der Waals surface area contributed by atoms with Gasteiger partial charge in [0.1, 0.15) is 0 Å². The highest BCUT2D eigenvalue weighted by molar-refractivity contribution is 5.14. The minimum atomic E-state index is -0.278. The van der Waals surface area contributed by atoms with Crippen molar-refractivity contribution in [3.05, 3.63) is 17.5 Å². The summed E-state index contributed by atoms with van der Waals surface area (Å²) in [7, 11) is 1.93. The Morgan fingerprint density at radius 3 is 2.78 bits per heavy atom. The number of aromatic nitrogens is 2. The van der Waals surface area contributed by atoms with Crippen LogP contribution in [0.5, 0.6) is 0 Å². The van der Waals surface area contributed by atoms with E-state index in [9.17, 15) is 5.11 Å². The maximum atomic E-state index is 9.94. The van der Waals surface area contributed by atoms with Crippen molar-refractivity contribution in [2.24, 2.45) is 7.05 Å². The van der Waals surface area contributed by atoms with E-state index in [0.717, 1.165) is 31.9 Å². The molecular weight excluding hydrogens is 228 g/mol. The van der Waals surface area contributed by atoms with E-state index in [2.05, 4.69) is 15.3 Å². The molecule has 0 bridgehead atoms. The molecule has 2 rings (SSSR count). The number of nitrogens with one attached hydrogen (secondary N) is 1. The monoisotopic (exact) mass is 252 g/mol. The third-order valence-electron chi connectivity index (χ3n) is 3.48. The first-order valence-corrected chi connectivity index (χ1v) is 6.75. The van der Waals surface area contributed by atoms with Gasteiger partial charge in [0, 0.05) is 38.4 Å². The normalized spacial score (nSPS) is 18.4. The van der Waals surface area contributed by atoms with Crippen LogP contribution in [0.15, 0.2) is 6.20 Å². The standard InChI is InChI=1S/C13H24N4O/c1-11-12(9-16(2)15-11)7-14-8-13(18)10-17-5-3-4-6-17/h9,13-14,18H,3-8,10H2,1-2H3. The number of aliphatic hydroxyl groups excluding tert-OH is 1. The molecule has 0 radical (unpaired) electrons. The molecule has 0 spiro atoms. The summed E-state index contributed by atoms with van der Waals surface area (Å²) in [6.45, 7) is 6.50. The lowest BCUT2D eigenvalue weighted by molar-refractivity contribution is 0.123. The van der Waals surface area contributed by atoms with Crippen molar-refractivity contribution < 1.29 is 5.11 Å². The molecule has 0 amide bonds. The number of likely N-dealkylation sites (tertiary alicyclic amines) is 1. The molecule has 1 aromatic rings. The van der Waals surface area contributed by atoms with E-state index in [1.807, 2.05) is 24.9 Å². The summed E-state index contributed by atoms with van der Waals surface area (Å²) in [6.07, 6.45) is 4.29. The average molecular weight is 252 g/mol. The molecule has 1 aliphatic rings. The fourth-order valence-electron chi connectivity index (χ4n) is 2.52. The highest BCUT2D eigenvalue weighted by Crippen LogP contribution is 2.07. The van der Waals surface area contributed by atoms with Crippen molar-refractivity contribution in [2.45, 2.75) is 32.4 Å². The summed E-state index contributed by atoms with van der Waals surface area (Å²) in [5, 5.41) is 17.5. The SMILES string of the molecule is Cc1nn(C)cc1CNCC(O)CN1CCCC1. The van der Waals surface area contributed by atoms with Crippen molar-refractivity contribution in [3.8, 4) is 0 Å². The van der Waals surface area contributed by atoms with Gasteiger partial charge in [-0.1, -0.05) is 0 Å². The molecular formula is C13H24N4O. The predicted octanol–water partition coefficient (Wildman–Crippen LogP) is 0.275. The average Bonchev–Trinajstić information content (AvgIpc) is 2.89. The van der Waals surface area contributed by atoms with Gasteiger partial charge < -0.3 is 15.3 Å². The van der Waals surface area contributed by atoms with Crippen LogP contribution in [0.25, 0.3) is 0 Å². The van der Waals surface area contributed by atoms with Gasteiger partial charge in [-0.15, -0.1) is 0 Å². The molecule has 18 heavy (non-hydrogen) atoms. The first kappa shape index (κ1) is 13.5. The van der Waals surface area contributed by atoms with Crippen LogP contribution >= 0.6 is 0 Å². The second-order valence-electron chi connectivity index (χ2n) is 5.21. The van der Waals surface area contributed by atoms with E-state index in [1.54, 1.807) is 0 Å². The zero-order chi connectivity index (χ0) is 13.0. The summed E-state index contributed by atoms with van der Waals surface area (Å²) in [5.41, 5.74) is 2.25. The highest BCUT2D eigenvalue weighted by atomic mass is 16.3. The van der Waals surface area contributed by atoms with Gasteiger partial charge in [-0.25, -0.2) is 0 Å². The Morgan fingerprint density at radius 1 is 1.44 bits per heavy atom. The molecule has 0 saturated carbocycles. The number of rotatable bonds is 6. The number of nitrogens with zero attached hydrogens (tertiary/aromatic N) is 3. The zero-order valence-electron chi connectivity index (χ0n) is 11.4. The van der Waals surface area contributed by atoms with E-state index < -0.39 is 0 Å². The number of hydrogen-bond donors (Lipinski definition) is 2. The van der Waals surface area contributed by atoms with Crippen LogP contribution < -0.4 is 5.32 Å². The van der Waals surface area contributed by atoms with E-state index >= 15 is 0 Å². The van der Waals surface area contributed by atoms with E-state index in [-0.39, 0.29) is 6.10 Å². The smallest absolute Gasteiger partial charge is 0.0791 e. The van der Waals surface area contributed by atoms with Gasteiger partial charge in [-0.05, 0) is 32.9 Å². The maximum Gasteiger partial charge on any atom is 0.0791 e. The first-order valence-electron chi connectivity index (χ1n) is 6.75. The second kappa shape index (κ2) is 6.31. The maximum absolute atomic E-state index is 9.94. The molecule has 1 aliphatic heterocycles. The van der Waals surface area contributed by atoms with Gasteiger partial charge in [-0.2, -0.15) is 5.10 Å². The highest BCUT2D eigenvalue weighted by Gasteiger charge is 2.15. The van der Waals surface area contributed by atoms with Crippen LogP contribution in [-0.4, -0.2) is 52.1 Å². The van der Waals surface area contributed by atoms with E-state index in [1.165, 1.54) is 18.4 Å². The van der Waals surface area contributed by atoms with Crippen molar-refractivity contribution >= 4 is 0 Å². The van der Waals surface area contributed by atoms with E-state index in [0.29, 0.717) is 6.54 Å². The zero-order valence-corrected chi connectivity index (χ0v) is 11.4. The lowest BCUT2D eigenvalue weighted by atomic mass is 10.2. The van der Waals surface area contributed by atoms with Crippen LogP contribution in [0, 0.1) is 6.92 Å². The molecule has 2 heterocycles. The Balaban J connectivity index is 1.66. The first-order chi connectivity index (χ1) is 8.65. The molecule has 0 aliphatic carbocycles. The van der Waals surface area contributed by atoms with Crippen LogP contribution in [0.2, 0.25) is 0 Å². The van der Waals surface area contributed by atoms with Gasteiger partial charge in [0.25, 0.3) is 0 Å². The number of hydrogen-bond acceptors (Lipinski definition) is 4. The van der Waals surface area contributed by atoms with Gasteiger partial charge in [0.05, 0.1) is 11.8 Å². The van der Waals surface area contributed by atoms with Gasteiger partial charge in [0.15, 0.2) is 0 Å². The lowest BCUT2D eigenvalue weighted by Crippen LogP contribution is -2.36. The number of aryl methyl sites for hydroxylation is 2. The summed E-state index contributed by atoms with van der Waals surface area (Å²) < 4.78 is 1.83. The predicted molar refractivity (Wildman–Crippen MR) is 71.3 cm³/mol. The Labute approximate surface area is 109 Å². The Bertz CT molecular complexity index is 371. The molecule has 5 nitrogen and oxygen atoms in total.